The number of aromatic nitrogens is 4. The van der Waals surface area contributed by atoms with Crippen LogP contribution in [0.4, 0.5) is 33.3 Å². The van der Waals surface area contributed by atoms with Gasteiger partial charge in [-0.25, -0.2) is 14.4 Å². The lowest BCUT2D eigenvalue weighted by Gasteiger charge is -2.55. The van der Waals surface area contributed by atoms with E-state index in [-0.39, 0.29) is 22.7 Å². The number of methoxy groups -OCH3 is 1. The second-order valence-corrected chi connectivity index (χ2v) is 8.57. The van der Waals surface area contributed by atoms with Crippen LogP contribution in [0.15, 0.2) is 48.5 Å². The van der Waals surface area contributed by atoms with Crippen LogP contribution < -0.4 is 25.8 Å². The fourth-order valence-corrected chi connectivity index (χ4v) is 4.16. The predicted octanol–water partition coefficient (Wildman–Crippen LogP) is 3.48. The van der Waals surface area contributed by atoms with Crippen molar-refractivity contribution in [3.63, 3.8) is 0 Å². The number of rotatable bonds is 8. The van der Waals surface area contributed by atoms with E-state index in [1.54, 1.807) is 19.4 Å². The zero-order valence-corrected chi connectivity index (χ0v) is 19.1. The molecule has 0 aromatic carbocycles. The van der Waals surface area contributed by atoms with E-state index in [9.17, 15) is 9.18 Å². The van der Waals surface area contributed by atoms with Gasteiger partial charge in [0.05, 0.1) is 43.3 Å². The van der Waals surface area contributed by atoms with Gasteiger partial charge in [-0.2, -0.15) is 4.98 Å². The molecule has 1 spiro atoms. The first kappa shape index (κ1) is 22.5. The van der Waals surface area contributed by atoms with Gasteiger partial charge in [-0.1, -0.05) is 19.2 Å². The highest BCUT2D eigenvalue weighted by atomic mass is 19.1. The Hall–Kier alpha value is -4.25. The zero-order chi connectivity index (χ0) is 24.6. The predicted molar refractivity (Wildman–Crippen MR) is 132 cm³/mol. The van der Waals surface area contributed by atoms with Crippen LogP contribution in [-0.2, 0) is 4.74 Å². The van der Waals surface area contributed by atoms with Gasteiger partial charge in [-0.3, -0.25) is 4.79 Å². The Balaban J connectivity index is 1.32. The molecular formula is C24H24FN7O3. The maximum atomic E-state index is 13.6. The molecule has 0 radical (unpaired) electrons. The van der Waals surface area contributed by atoms with E-state index in [2.05, 4.69) is 48.6 Å². The largest absolute Gasteiger partial charge is 0.493 e. The van der Waals surface area contributed by atoms with E-state index in [1.165, 1.54) is 18.3 Å². The molecule has 2 aliphatic heterocycles. The van der Waals surface area contributed by atoms with Crippen molar-refractivity contribution in [3.05, 3.63) is 65.4 Å². The summed E-state index contributed by atoms with van der Waals surface area (Å²) in [5, 5.41) is 6.03. The van der Waals surface area contributed by atoms with Gasteiger partial charge in [0.1, 0.15) is 17.3 Å². The minimum Gasteiger partial charge on any atom is -0.493 e. The van der Waals surface area contributed by atoms with Gasteiger partial charge in [0.15, 0.2) is 11.6 Å². The van der Waals surface area contributed by atoms with Gasteiger partial charge in [0.25, 0.3) is 5.56 Å². The third-order valence-electron chi connectivity index (χ3n) is 5.96. The van der Waals surface area contributed by atoms with Crippen molar-refractivity contribution in [2.24, 2.45) is 5.41 Å². The average Bonchev–Trinajstić information content (AvgIpc) is 2.79. The Labute approximate surface area is 200 Å². The van der Waals surface area contributed by atoms with Crippen LogP contribution in [-0.4, -0.2) is 53.3 Å². The van der Waals surface area contributed by atoms with Crippen LogP contribution in [0.25, 0.3) is 11.9 Å². The summed E-state index contributed by atoms with van der Waals surface area (Å²) in [5.74, 6) is 1.31. The zero-order valence-electron chi connectivity index (χ0n) is 19.1. The SMILES string of the molecule is C=Cc1cc(Nc2ccnc(Nc3cnc(N4CC5(COC5)C4)c(OC)c3)n2)c(=O)[nH]c1C(=C)F. The van der Waals surface area contributed by atoms with Crippen LogP contribution in [0.5, 0.6) is 5.75 Å². The molecule has 180 valence electrons. The molecule has 3 aromatic rings. The van der Waals surface area contributed by atoms with Gasteiger partial charge in [0, 0.05) is 30.9 Å². The summed E-state index contributed by atoms with van der Waals surface area (Å²) >= 11 is 0. The number of ether oxygens (including phenoxy) is 2. The standard InChI is InChI=1S/C24H24FN7O3/c1-4-15-7-17(22(33)31-20(15)14(2)25)29-19-5-6-26-23(30-19)28-16-8-18(34-3)21(27-9-16)32-10-24(11-32)12-35-13-24/h4-9H,1-2,10-13H2,3H3,(H,31,33)(H2,26,28,29,30). The summed E-state index contributed by atoms with van der Waals surface area (Å²) in [4.78, 5) is 30.2. The van der Waals surface area contributed by atoms with Crippen molar-refractivity contribution in [1.29, 1.82) is 0 Å². The molecule has 10 nitrogen and oxygen atoms in total. The van der Waals surface area contributed by atoms with E-state index >= 15 is 0 Å². The molecule has 35 heavy (non-hydrogen) atoms. The normalized spacial score (nSPS) is 15.7. The van der Waals surface area contributed by atoms with E-state index in [0.29, 0.717) is 22.8 Å². The summed E-state index contributed by atoms with van der Waals surface area (Å²) in [7, 11) is 1.60. The molecule has 0 bridgehead atoms. The number of nitrogens with zero attached hydrogens (tertiary/aromatic N) is 4. The van der Waals surface area contributed by atoms with Crippen LogP contribution in [0, 0.1) is 5.41 Å². The first-order valence-corrected chi connectivity index (χ1v) is 10.9. The summed E-state index contributed by atoms with van der Waals surface area (Å²) < 4.78 is 24.5. The lowest BCUT2D eigenvalue weighted by atomic mass is 9.78. The molecule has 0 amide bonds. The monoisotopic (exact) mass is 477 g/mol. The summed E-state index contributed by atoms with van der Waals surface area (Å²) in [5.41, 5.74) is 0.930. The Morgan fingerprint density at radius 3 is 2.77 bits per heavy atom. The lowest BCUT2D eigenvalue weighted by molar-refractivity contribution is -0.127. The van der Waals surface area contributed by atoms with E-state index < -0.39 is 11.4 Å². The maximum Gasteiger partial charge on any atom is 0.272 e. The summed E-state index contributed by atoms with van der Waals surface area (Å²) in [6.07, 6.45) is 4.66. The number of hydrogen-bond acceptors (Lipinski definition) is 9. The molecule has 11 heteroatoms. The number of halogens is 1. The van der Waals surface area contributed by atoms with Crippen molar-refractivity contribution in [3.8, 4) is 5.75 Å². The second kappa shape index (κ2) is 8.84. The molecular weight excluding hydrogens is 453 g/mol. The highest BCUT2D eigenvalue weighted by molar-refractivity contribution is 5.70. The van der Waals surface area contributed by atoms with Crippen molar-refractivity contribution in [2.75, 3.05) is 48.9 Å². The first-order valence-electron chi connectivity index (χ1n) is 10.9. The highest BCUT2D eigenvalue weighted by Gasteiger charge is 2.50. The van der Waals surface area contributed by atoms with Crippen molar-refractivity contribution in [2.45, 2.75) is 0 Å². The number of pyridine rings is 2. The maximum absolute atomic E-state index is 13.6. The molecule has 0 saturated carbocycles. The quantitative estimate of drug-likeness (QED) is 0.448. The Kier molecular flexibility index (Phi) is 5.69. The van der Waals surface area contributed by atoms with Gasteiger partial charge in [-0.05, 0) is 12.1 Å². The molecule has 0 atom stereocenters. The average molecular weight is 478 g/mol. The number of anilines is 5. The topological polar surface area (TPSA) is 117 Å². The highest BCUT2D eigenvalue weighted by Crippen LogP contribution is 2.42. The van der Waals surface area contributed by atoms with Crippen LogP contribution in [0.1, 0.15) is 11.3 Å². The molecule has 2 aliphatic rings. The molecule has 3 N–H and O–H groups in total. The molecule has 5 heterocycles. The number of H-pyrrole nitrogens is 1. The third-order valence-corrected chi connectivity index (χ3v) is 5.96. The molecule has 5 rings (SSSR count). The number of aromatic amines is 1. The minimum atomic E-state index is -0.752. The molecule has 0 unspecified atom stereocenters. The van der Waals surface area contributed by atoms with Gasteiger partial charge in [-0.15, -0.1) is 0 Å². The van der Waals surface area contributed by atoms with Crippen molar-refractivity contribution >= 4 is 40.9 Å². The van der Waals surface area contributed by atoms with Crippen LogP contribution in [0.2, 0.25) is 0 Å². The van der Waals surface area contributed by atoms with Crippen molar-refractivity contribution in [1.82, 2.24) is 19.9 Å². The fourth-order valence-electron chi connectivity index (χ4n) is 4.16. The number of hydrogen-bond donors (Lipinski definition) is 3. The summed E-state index contributed by atoms with van der Waals surface area (Å²) in [6.45, 7) is 10.3. The van der Waals surface area contributed by atoms with Crippen LogP contribution in [0.3, 0.4) is 0 Å². The molecule has 0 aliphatic carbocycles. The molecule has 3 aromatic heterocycles. The third kappa shape index (κ3) is 4.33. The Bertz CT molecular complexity index is 1360. The molecule has 2 saturated heterocycles. The van der Waals surface area contributed by atoms with Gasteiger partial charge >= 0.3 is 0 Å². The second-order valence-electron chi connectivity index (χ2n) is 8.57. The van der Waals surface area contributed by atoms with E-state index in [0.717, 1.165) is 32.1 Å². The molecule has 2 fully saturated rings. The van der Waals surface area contributed by atoms with Crippen molar-refractivity contribution < 1.29 is 13.9 Å². The van der Waals surface area contributed by atoms with Gasteiger partial charge in [0.2, 0.25) is 5.95 Å². The van der Waals surface area contributed by atoms with Crippen LogP contribution >= 0.6 is 0 Å². The first-order chi connectivity index (χ1) is 16.9. The summed E-state index contributed by atoms with van der Waals surface area (Å²) in [6, 6.07) is 4.91. The van der Waals surface area contributed by atoms with E-state index in [4.69, 9.17) is 9.47 Å². The fraction of sp³-hybridized carbons (Fsp3) is 0.250. The number of nitrogens with one attached hydrogen (secondary N) is 3. The lowest BCUT2D eigenvalue weighted by Crippen LogP contribution is -2.66. The van der Waals surface area contributed by atoms with E-state index in [1.807, 2.05) is 6.07 Å². The van der Waals surface area contributed by atoms with Gasteiger partial charge < -0.3 is 30.0 Å². The Morgan fingerprint density at radius 2 is 2.11 bits per heavy atom. The Morgan fingerprint density at radius 1 is 1.31 bits per heavy atom. The minimum absolute atomic E-state index is 0.0140. The smallest absolute Gasteiger partial charge is 0.272 e.